The lowest BCUT2D eigenvalue weighted by atomic mass is 9.93. The van der Waals surface area contributed by atoms with Crippen LogP contribution in [0.1, 0.15) is 50.4 Å². The van der Waals surface area contributed by atoms with E-state index in [1.165, 1.54) is 24.1 Å². The summed E-state index contributed by atoms with van der Waals surface area (Å²) in [5.41, 5.74) is 2.57. The summed E-state index contributed by atoms with van der Waals surface area (Å²) in [4.78, 5) is 2.12. The third-order valence-corrected chi connectivity index (χ3v) is 4.49. The summed E-state index contributed by atoms with van der Waals surface area (Å²) in [6.45, 7) is 6.51. The van der Waals surface area contributed by atoms with Crippen LogP contribution in [0.4, 0.5) is 5.69 Å². The second-order valence-corrected chi connectivity index (χ2v) is 7.21. The predicted octanol–water partition coefficient (Wildman–Crippen LogP) is 5.05. The number of nitrogens with zero attached hydrogens (tertiary/aromatic N) is 1. The molecule has 0 spiro atoms. The largest absolute Gasteiger partial charge is 0.469 e. The Morgan fingerprint density at radius 1 is 1.00 bits per heavy atom. The van der Waals surface area contributed by atoms with Gasteiger partial charge in [-0.3, -0.25) is 0 Å². The molecule has 0 amide bonds. The van der Waals surface area contributed by atoms with Crippen molar-refractivity contribution in [1.82, 2.24) is 5.32 Å². The molecule has 1 N–H and O–H groups in total. The molecule has 1 aromatic carbocycles. The Labute approximate surface area is 147 Å². The van der Waals surface area contributed by atoms with Gasteiger partial charge in [0.2, 0.25) is 0 Å². The van der Waals surface area contributed by atoms with Crippen LogP contribution in [0.2, 0.25) is 0 Å². The summed E-state index contributed by atoms with van der Waals surface area (Å²) in [7, 11) is 4.14. The fourth-order valence-corrected chi connectivity index (χ4v) is 2.91. The number of rotatable bonds is 10. The average Bonchev–Trinajstić information content (AvgIpc) is 3.08. The molecular weight excluding hydrogens is 296 g/mol. The summed E-state index contributed by atoms with van der Waals surface area (Å²) >= 11 is 0. The first kappa shape index (κ1) is 18.6. The molecule has 0 aliphatic carbocycles. The molecule has 2 rings (SSSR count). The summed E-state index contributed by atoms with van der Waals surface area (Å²) < 4.78 is 5.65. The van der Waals surface area contributed by atoms with Crippen LogP contribution < -0.4 is 10.2 Å². The average molecular weight is 329 g/mol. The van der Waals surface area contributed by atoms with E-state index in [0.29, 0.717) is 5.92 Å². The quantitative estimate of drug-likeness (QED) is 0.619. The third kappa shape index (κ3) is 6.04. The molecule has 132 valence electrons. The molecule has 2 aromatic rings. The summed E-state index contributed by atoms with van der Waals surface area (Å²) in [6, 6.07) is 12.9. The van der Waals surface area contributed by atoms with Gasteiger partial charge in [0, 0.05) is 32.2 Å². The number of anilines is 1. The molecule has 0 bridgehead atoms. The van der Waals surface area contributed by atoms with E-state index in [0.717, 1.165) is 31.2 Å². The highest BCUT2D eigenvalue weighted by Gasteiger charge is 2.14. The van der Waals surface area contributed by atoms with Crippen molar-refractivity contribution in [2.45, 2.75) is 45.6 Å². The maximum absolute atomic E-state index is 5.65. The smallest absolute Gasteiger partial charge is 0.106 e. The molecule has 0 radical (unpaired) electrons. The van der Waals surface area contributed by atoms with E-state index in [2.05, 4.69) is 68.5 Å². The minimum Gasteiger partial charge on any atom is -0.469 e. The van der Waals surface area contributed by atoms with Gasteiger partial charge in [0.05, 0.1) is 6.26 Å². The molecule has 1 aromatic heterocycles. The van der Waals surface area contributed by atoms with Gasteiger partial charge in [0.15, 0.2) is 0 Å². The number of benzene rings is 1. The van der Waals surface area contributed by atoms with Gasteiger partial charge in [0.25, 0.3) is 0 Å². The van der Waals surface area contributed by atoms with Gasteiger partial charge in [-0.2, -0.15) is 0 Å². The fourth-order valence-electron chi connectivity index (χ4n) is 2.91. The summed E-state index contributed by atoms with van der Waals surface area (Å²) in [5.74, 6) is 2.39. The normalized spacial score (nSPS) is 12.5. The van der Waals surface area contributed by atoms with E-state index in [9.17, 15) is 0 Å². The van der Waals surface area contributed by atoms with Crippen LogP contribution in [-0.2, 0) is 6.54 Å². The lowest BCUT2D eigenvalue weighted by molar-refractivity contribution is 0.397. The standard InChI is InChI=1S/C21H32N2O/c1-17(2)7-10-19(21-6-5-15-24-21)13-14-22-16-18-8-11-20(12-9-18)23(3)4/h5-6,8-9,11-12,15,17,19,22H,7,10,13-14,16H2,1-4H3/t19-/m0/s1. The maximum Gasteiger partial charge on any atom is 0.106 e. The lowest BCUT2D eigenvalue weighted by Crippen LogP contribution is -2.17. The molecule has 1 heterocycles. The minimum atomic E-state index is 0.519. The van der Waals surface area contributed by atoms with Crippen LogP contribution in [0, 0.1) is 5.92 Å². The molecule has 0 aliphatic heterocycles. The Balaban J connectivity index is 1.77. The molecule has 3 nitrogen and oxygen atoms in total. The van der Waals surface area contributed by atoms with Crippen LogP contribution in [0.5, 0.6) is 0 Å². The van der Waals surface area contributed by atoms with Gasteiger partial charge < -0.3 is 14.6 Å². The number of hydrogen-bond donors (Lipinski definition) is 1. The molecular formula is C21H32N2O. The van der Waals surface area contributed by atoms with Crippen molar-refractivity contribution in [2.24, 2.45) is 5.92 Å². The van der Waals surface area contributed by atoms with Crippen molar-refractivity contribution in [3.8, 4) is 0 Å². The van der Waals surface area contributed by atoms with E-state index < -0.39 is 0 Å². The number of furan rings is 1. The minimum absolute atomic E-state index is 0.519. The Hall–Kier alpha value is -1.74. The number of nitrogens with one attached hydrogen (secondary N) is 1. The van der Waals surface area contributed by atoms with Gasteiger partial charge in [0.1, 0.15) is 5.76 Å². The van der Waals surface area contributed by atoms with E-state index in [1.54, 1.807) is 6.26 Å². The van der Waals surface area contributed by atoms with Gasteiger partial charge in [-0.15, -0.1) is 0 Å². The predicted molar refractivity (Wildman–Crippen MR) is 103 cm³/mol. The van der Waals surface area contributed by atoms with Crippen LogP contribution in [0.25, 0.3) is 0 Å². The van der Waals surface area contributed by atoms with Gasteiger partial charge in [-0.05, 0) is 55.1 Å². The topological polar surface area (TPSA) is 28.4 Å². The molecule has 0 fully saturated rings. The van der Waals surface area contributed by atoms with Crippen molar-refractivity contribution in [1.29, 1.82) is 0 Å². The van der Waals surface area contributed by atoms with Crippen molar-refractivity contribution in [3.05, 3.63) is 54.0 Å². The second-order valence-electron chi connectivity index (χ2n) is 7.21. The molecule has 0 unspecified atom stereocenters. The van der Waals surface area contributed by atoms with E-state index in [4.69, 9.17) is 4.42 Å². The molecule has 1 atom stereocenters. The molecule has 0 aliphatic rings. The van der Waals surface area contributed by atoms with E-state index in [-0.39, 0.29) is 0 Å². The highest BCUT2D eigenvalue weighted by atomic mass is 16.3. The van der Waals surface area contributed by atoms with Gasteiger partial charge in [-0.25, -0.2) is 0 Å². The fraction of sp³-hybridized carbons (Fsp3) is 0.524. The molecule has 3 heteroatoms. The first-order chi connectivity index (χ1) is 11.6. The van der Waals surface area contributed by atoms with Crippen molar-refractivity contribution < 1.29 is 4.42 Å². The monoisotopic (exact) mass is 328 g/mol. The Bertz CT molecular complexity index is 558. The van der Waals surface area contributed by atoms with E-state index in [1.807, 2.05) is 6.07 Å². The van der Waals surface area contributed by atoms with Gasteiger partial charge in [-0.1, -0.05) is 32.4 Å². The molecule has 0 saturated carbocycles. The summed E-state index contributed by atoms with van der Waals surface area (Å²) in [6.07, 6.45) is 5.36. The van der Waals surface area contributed by atoms with E-state index >= 15 is 0 Å². The van der Waals surface area contributed by atoms with Gasteiger partial charge >= 0.3 is 0 Å². The third-order valence-electron chi connectivity index (χ3n) is 4.49. The zero-order chi connectivity index (χ0) is 17.4. The SMILES string of the molecule is CC(C)CC[C@@H](CCNCc1ccc(N(C)C)cc1)c1ccco1. The van der Waals surface area contributed by atoms with Crippen LogP contribution in [0.15, 0.2) is 47.1 Å². The highest BCUT2D eigenvalue weighted by Crippen LogP contribution is 2.26. The summed E-state index contributed by atoms with van der Waals surface area (Å²) in [5, 5.41) is 3.58. The maximum atomic E-state index is 5.65. The Morgan fingerprint density at radius 2 is 1.75 bits per heavy atom. The van der Waals surface area contributed by atoms with Crippen LogP contribution >= 0.6 is 0 Å². The lowest BCUT2D eigenvalue weighted by Gasteiger charge is -2.16. The molecule has 0 saturated heterocycles. The Kier molecular flexibility index (Phi) is 7.38. The van der Waals surface area contributed by atoms with Crippen LogP contribution in [-0.4, -0.2) is 20.6 Å². The van der Waals surface area contributed by atoms with Crippen molar-refractivity contribution in [2.75, 3.05) is 25.5 Å². The highest BCUT2D eigenvalue weighted by molar-refractivity contribution is 5.45. The van der Waals surface area contributed by atoms with Crippen molar-refractivity contribution >= 4 is 5.69 Å². The number of hydrogen-bond acceptors (Lipinski definition) is 3. The zero-order valence-electron chi connectivity index (χ0n) is 15.6. The second kappa shape index (κ2) is 9.53. The Morgan fingerprint density at radius 3 is 2.33 bits per heavy atom. The zero-order valence-corrected chi connectivity index (χ0v) is 15.6. The first-order valence-corrected chi connectivity index (χ1v) is 9.06. The van der Waals surface area contributed by atoms with Crippen LogP contribution in [0.3, 0.4) is 0 Å². The molecule has 24 heavy (non-hydrogen) atoms. The first-order valence-electron chi connectivity index (χ1n) is 9.06. The van der Waals surface area contributed by atoms with Crippen molar-refractivity contribution in [3.63, 3.8) is 0 Å².